The Morgan fingerprint density at radius 1 is 1.06 bits per heavy atom. The van der Waals surface area contributed by atoms with E-state index in [1.54, 1.807) is 14.0 Å². The number of nitrogens with zero attached hydrogens (tertiary/aromatic N) is 4. The maximum Gasteiger partial charge on any atom is 0.238 e. The molecule has 8 nitrogen and oxygen atoms in total. The van der Waals surface area contributed by atoms with Gasteiger partial charge in [-0.25, -0.2) is 0 Å². The average molecular weight is 476 g/mol. The number of benzene rings is 2. The summed E-state index contributed by atoms with van der Waals surface area (Å²) >= 11 is 0. The largest absolute Gasteiger partial charge is 0.496 e. The van der Waals surface area contributed by atoms with Gasteiger partial charge in [0.2, 0.25) is 11.8 Å². The number of aryl methyl sites for hydroxylation is 1. The van der Waals surface area contributed by atoms with Gasteiger partial charge in [0.15, 0.2) is 0 Å². The highest BCUT2D eigenvalue weighted by Gasteiger charge is 2.32. The van der Waals surface area contributed by atoms with Gasteiger partial charge in [-0.3, -0.25) is 19.2 Å². The van der Waals surface area contributed by atoms with Gasteiger partial charge in [0.25, 0.3) is 0 Å². The van der Waals surface area contributed by atoms with Crippen LogP contribution >= 0.6 is 0 Å². The second-order valence-corrected chi connectivity index (χ2v) is 8.94. The topological polar surface area (TPSA) is 79.7 Å². The fourth-order valence-electron chi connectivity index (χ4n) is 4.74. The normalized spacial score (nSPS) is 16.2. The molecule has 4 rings (SSSR count). The maximum atomic E-state index is 13.0. The van der Waals surface area contributed by atoms with Gasteiger partial charge < -0.3 is 15.0 Å². The Morgan fingerprint density at radius 3 is 2.49 bits per heavy atom. The Hall–Kier alpha value is -3.65. The molecule has 0 aliphatic carbocycles. The fourth-order valence-corrected chi connectivity index (χ4v) is 4.74. The SMILES string of the molecule is COc1ccccc1C1CN(CC(=O)Nc2c(C)nn(Cc3ccccc3)c2C)CCN1C(C)=O. The first kappa shape index (κ1) is 24.5. The number of methoxy groups -OCH3 is 1. The molecule has 1 fully saturated rings. The van der Waals surface area contributed by atoms with Crippen LogP contribution in [0, 0.1) is 13.8 Å². The number of carbonyl (C=O) groups excluding carboxylic acids is 2. The lowest BCUT2D eigenvalue weighted by atomic mass is 10.0. The second-order valence-electron chi connectivity index (χ2n) is 8.94. The van der Waals surface area contributed by atoms with Crippen molar-refractivity contribution in [2.24, 2.45) is 0 Å². The van der Waals surface area contributed by atoms with E-state index in [0.29, 0.717) is 26.2 Å². The van der Waals surface area contributed by atoms with E-state index in [1.807, 2.05) is 65.9 Å². The first-order valence-electron chi connectivity index (χ1n) is 11.9. The first-order valence-corrected chi connectivity index (χ1v) is 11.9. The molecule has 1 N–H and O–H groups in total. The number of piperazine rings is 1. The molecule has 0 saturated carbocycles. The van der Waals surface area contributed by atoms with E-state index in [-0.39, 0.29) is 24.4 Å². The number of nitrogens with one attached hydrogen (secondary N) is 1. The van der Waals surface area contributed by atoms with E-state index in [2.05, 4.69) is 27.4 Å². The van der Waals surface area contributed by atoms with Gasteiger partial charge in [0.05, 0.1) is 43.3 Å². The highest BCUT2D eigenvalue weighted by Crippen LogP contribution is 2.32. The van der Waals surface area contributed by atoms with Gasteiger partial charge in [-0.2, -0.15) is 5.10 Å². The second kappa shape index (κ2) is 10.7. The average Bonchev–Trinajstić information content (AvgIpc) is 3.11. The number of ether oxygens (including phenoxy) is 1. The van der Waals surface area contributed by atoms with Crippen LogP contribution in [0.1, 0.15) is 35.5 Å². The molecule has 1 saturated heterocycles. The zero-order valence-electron chi connectivity index (χ0n) is 20.8. The number of para-hydroxylation sites is 1. The molecule has 1 aliphatic heterocycles. The van der Waals surface area contributed by atoms with Crippen LogP contribution in [0.5, 0.6) is 5.75 Å². The first-order chi connectivity index (χ1) is 16.9. The molecule has 1 atom stereocenters. The van der Waals surface area contributed by atoms with Gasteiger partial charge in [-0.1, -0.05) is 48.5 Å². The van der Waals surface area contributed by atoms with E-state index < -0.39 is 0 Å². The van der Waals surface area contributed by atoms with Crippen molar-refractivity contribution in [3.8, 4) is 5.75 Å². The summed E-state index contributed by atoms with van der Waals surface area (Å²) in [5, 5.41) is 7.71. The van der Waals surface area contributed by atoms with E-state index in [9.17, 15) is 9.59 Å². The molecular formula is C27H33N5O3. The van der Waals surface area contributed by atoms with Crippen molar-refractivity contribution in [1.82, 2.24) is 19.6 Å². The van der Waals surface area contributed by atoms with Gasteiger partial charge >= 0.3 is 0 Å². The summed E-state index contributed by atoms with van der Waals surface area (Å²) in [5.41, 5.74) is 4.58. The minimum Gasteiger partial charge on any atom is -0.496 e. The quantitative estimate of drug-likeness (QED) is 0.567. The van der Waals surface area contributed by atoms with Crippen LogP contribution in [0.15, 0.2) is 54.6 Å². The molecule has 35 heavy (non-hydrogen) atoms. The molecule has 0 spiro atoms. The molecule has 8 heteroatoms. The lowest BCUT2D eigenvalue weighted by Gasteiger charge is -2.41. The van der Waals surface area contributed by atoms with Crippen molar-refractivity contribution in [3.63, 3.8) is 0 Å². The summed E-state index contributed by atoms with van der Waals surface area (Å²) in [6, 6.07) is 17.7. The third-order valence-corrected chi connectivity index (χ3v) is 6.56. The Morgan fingerprint density at radius 2 is 1.77 bits per heavy atom. The maximum absolute atomic E-state index is 13.0. The van der Waals surface area contributed by atoms with Crippen LogP contribution in [0.25, 0.3) is 0 Å². The highest BCUT2D eigenvalue weighted by atomic mass is 16.5. The predicted octanol–water partition coefficient (Wildman–Crippen LogP) is 3.40. The van der Waals surface area contributed by atoms with Crippen LogP contribution in [0.3, 0.4) is 0 Å². The molecule has 0 radical (unpaired) electrons. The number of hydrogen-bond donors (Lipinski definition) is 1. The Bertz CT molecular complexity index is 1190. The van der Waals surface area contributed by atoms with E-state index in [0.717, 1.165) is 34.0 Å². The van der Waals surface area contributed by atoms with Crippen molar-refractivity contribution in [2.75, 3.05) is 38.6 Å². The Kier molecular flexibility index (Phi) is 7.51. The lowest BCUT2D eigenvalue weighted by molar-refractivity contribution is -0.134. The van der Waals surface area contributed by atoms with Crippen LogP contribution in [-0.2, 0) is 16.1 Å². The van der Waals surface area contributed by atoms with Gasteiger partial charge in [-0.15, -0.1) is 0 Å². The number of anilines is 1. The number of aromatic nitrogens is 2. The Balaban J connectivity index is 1.45. The minimum atomic E-state index is -0.178. The molecule has 1 aliphatic rings. The van der Waals surface area contributed by atoms with Crippen molar-refractivity contribution < 1.29 is 14.3 Å². The highest BCUT2D eigenvalue weighted by molar-refractivity contribution is 5.93. The Labute approximate surface area is 206 Å². The van der Waals surface area contributed by atoms with Gasteiger partial charge in [-0.05, 0) is 25.5 Å². The van der Waals surface area contributed by atoms with Crippen molar-refractivity contribution >= 4 is 17.5 Å². The molecule has 1 aromatic heterocycles. The van der Waals surface area contributed by atoms with Crippen LogP contribution in [0.2, 0.25) is 0 Å². The molecule has 3 aromatic rings. The van der Waals surface area contributed by atoms with Gasteiger partial charge in [0, 0.05) is 32.1 Å². The summed E-state index contributed by atoms with van der Waals surface area (Å²) in [6.45, 7) is 8.09. The molecule has 2 heterocycles. The predicted molar refractivity (Wildman–Crippen MR) is 135 cm³/mol. The van der Waals surface area contributed by atoms with Crippen LogP contribution in [-0.4, -0.2) is 64.7 Å². The van der Waals surface area contributed by atoms with Gasteiger partial charge in [0.1, 0.15) is 5.75 Å². The van der Waals surface area contributed by atoms with E-state index in [1.165, 1.54) is 0 Å². The van der Waals surface area contributed by atoms with Crippen LogP contribution in [0.4, 0.5) is 5.69 Å². The summed E-state index contributed by atoms with van der Waals surface area (Å²) < 4.78 is 7.47. The third kappa shape index (κ3) is 5.54. The lowest BCUT2D eigenvalue weighted by Crippen LogP contribution is -2.51. The number of hydrogen-bond acceptors (Lipinski definition) is 5. The van der Waals surface area contributed by atoms with Crippen LogP contribution < -0.4 is 10.1 Å². The van der Waals surface area contributed by atoms with Crippen molar-refractivity contribution in [2.45, 2.75) is 33.4 Å². The van der Waals surface area contributed by atoms with Crippen molar-refractivity contribution in [1.29, 1.82) is 0 Å². The molecule has 184 valence electrons. The number of carbonyl (C=O) groups is 2. The summed E-state index contributed by atoms with van der Waals surface area (Å²) in [7, 11) is 1.63. The summed E-state index contributed by atoms with van der Waals surface area (Å²) in [6.07, 6.45) is 0. The molecule has 2 amide bonds. The smallest absolute Gasteiger partial charge is 0.238 e. The number of rotatable bonds is 7. The minimum absolute atomic E-state index is 0.0158. The fraction of sp³-hybridized carbons (Fsp3) is 0.370. The molecule has 1 unspecified atom stereocenters. The zero-order valence-corrected chi connectivity index (χ0v) is 20.8. The summed E-state index contributed by atoms with van der Waals surface area (Å²) in [4.78, 5) is 29.3. The summed E-state index contributed by atoms with van der Waals surface area (Å²) in [5.74, 6) is 0.666. The monoisotopic (exact) mass is 475 g/mol. The molecular weight excluding hydrogens is 442 g/mol. The number of amides is 2. The van der Waals surface area contributed by atoms with Crippen molar-refractivity contribution in [3.05, 3.63) is 77.1 Å². The molecule has 0 bridgehead atoms. The van der Waals surface area contributed by atoms with E-state index in [4.69, 9.17) is 4.74 Å². The third-order valence-electron chi connectivity index (χ3n) is 6.56. The standard InChI is InChI=1S/C27H33N5O3/c1-19-27(20(2)32(29-19)16-22-10-6-5-7-11-22)28-26(34)18-30-14-15-31(21(3)33)24(17-30)23-12-8-9-13-25(23)35-4/h5-13,24H,14-18H2,1-4H3,(H,28,34). The molecule has 2 aromatic carbocycles. The zero-order chi connectivity index (χ0) is 24.9. The van der Waals surface area contributed by atoms with E-state index >= 15 is 0 Å².